The molecular formula is C12H17NO3. The summed E-state index contributed by atoms with van der Waals surface area (Å²) in [6.45, 7) is 1.26. The van der Waals surface area contributed by atoms with E-state index < -0.39 is 0 Å². The molecule has 16 heavy (non-hydrogen) atoms. The predicted molar refractivity (Wildman–Crippen MR) is 61.0 cm³/mol. The van der Waals surface area contributed by atoms with Crippen molar-refractivity contribution in [2.24, 2.45) is 5.73 Å². The Morgan fingerprint density at radius 3 is 2.62 bits per heavy atom. The molecule has 0 saturated heterocycles. The topological polar surface area (TPSA) is 53.7 Å². The third-order valence-electron chi connectivity index (χ3n) is 2.86. The number of hydrogen-bond acceptors (Lipinski definition) is 4. The summed E-state index contributed by atoms with van der Waals surface area (Å²) in [7, 11) is 3.26. The van der Waals surface area contributed by atoms with Crippen molar-refractivity contribution in [1.29, 1.82) is 0 Å². The summed E-state index contributed by atoms with van der Waals surface area (Å²) in [5.41, 5.74) is 8.32. The monoisotopic (exact) mass is 223 g/mol. The molecule has 0 radical (unpaired) electrons. The van der Waals surface area contributed by atoms with Crippen molar-refractivity contribution < 1.29 is 14.2 Å². The molecule has 1 aromatic rings. The molecule has 0 fully saturated rings. The van der Waals surface area contributed by atoms with Crippen molar-refractivity contribution in [2.75, 3.05) is 27.4 Å². The standard InChI is InChI=1S/C12H17NO3/c1-14-11-5-8-3-4-16-7-10(13)9(8)6-12(11)15-2/h5-6,10H,3-4,7,13H2,1-2H3. The van der Waals surface area contributed by atoms with E-state index in [0.29, 0.717) is 13.2 Å². The second-order valence-electron chi connectivity index (χ2n) is 3.84. The molecule has 4 nitrogen and oxygen atoms in total. The number of hydrogen-bond donors (Lipinski definition) is 1. The van der Waals surface area contributed by atoms with Gasteiger partial charge in [-0.1, -0.05) is 0 Å². The summed E-state index contributed by atoms with van der Waals surface area (Å²) in [6, 6.07) is 3.85. The first kappa shape index (κ1) is 11.2. The molecular weight excluding hydrogens is 206 g/mol. The van der Waals surface area contributed by atoms with Gasteiger partial charge in [-0.15, -0.1) is 0 Å². The zero-order chi connectivity index (χ0) is 11.5. The highest BCUT2D eigenvalue weighted by Crippen LogP contribution is 2.34. The highest BCUT2D eigenvalue weighted by molar-refractivity contribution is 5.48. The van der Waals surface area contributed by atoms with E-state index in [-0.39, 0.29) is 6.04 Å². The fraction of sp³-hybridized carbons (Fsp3) is 0.500. The summed E-state index contributed by atoms with van der Waals surface area (Å²) in [5, 5.41) is 0. The molecule has 1 unspecified atom stereocenters. The molecule has 0 amide bonds. The summed E-state index contributed by atoms with van der Waals surface area (Å²) in [4.78, 5) is 0. The number of benzene rings is 1. The number of ether oxygens (including phenoxy) is 3. The molecule has 0 aliphatic carbocycles. The van der Waals surface area contributed by atoms with Crippen LogP contribution in [0, 0.1) is 0 Å². The molecule has 2 rings (SSSR count). The van der Waals surface area contributed by atoms with Crippen LogP contribution in [0.25, 0.3) is 0 Å². The van der Waals surface area contributed by atoms with Crippen molar-refractivity contribution in [3.63, 3.8) is 0 Å². The lowest BCUT2D eigenvalue weighted by atomic mass is 9.99. The molecule has 1 aromatic carbocycles. The Kier molecular flexibility index (Phi) is 3.31. The van der Waals surface area contributed by atoms with Gasteiger partial charge in [-0.3, -0.25) is 0 Å². The first-order chi connectivity index (χ1) is 7.76. The largest absolute Gasteiger partial charge is 0.493 e. The van der Waals surface area contributed by atoms with Gasteiger partial charge in [0.05, 0.1) is 33.5 Å². The third-order valence-corrected chi connectivity index (χ3v) is 2.86. The van der Waals surface area contributed by atoms with E-state index in [1.165, 1.54) is 5.56 Å². The second kappa shape index (κ2) is 4.72. The van der Waals surface area contributed by atoms with Gasteiger partial charge in [-0.2, -0.15) is 0 Å². The molecule has 88 valence electrons. The molecule has 0 saturated carbocycles. The molecule has 0 aromatic heterocycles. The van der Waals surface area contributed by atoms with Crippen molar-refractivity contribution in [2.45, 2.75) is 12.5 Å². The Balaban J connectivity index is 2.47. The maximum atomic E-state index is 6.04. The van der Waals surface area contributed by atoms with Gasteiger partial charge in [-0.25, -0.2) is 0 Å². The van der Waals surface area contributed by atoms with Gasteiger partial charge >= 0.3 is 0 Å². The van der Waals surface area contributed by atoms with Crippen LogP contribution in [0.3, 0.4) is 0 Å². The summed E-state index contributed by atoms with van der Waals surface area (Å²) < 4.78 is 16.0. The SMILES string of the molecule is COc1cc2c(cc1OC)C(N)COCC2. The molecule has 1 aliphatic rings. The first-order valence-corrected chi connectivity index (χ1v) is 5.34. The predicted octanol–water partition coefficient (Wildman–Crippen LogP) is 1.28. The van der Waals surface area contributed by atoms with Gasteiger partial charge in [0, 0.05) is 0 Å². The lowest BCUT2D eigenvalue weighted by Gasteiger charge is -2.15. The molecule has 4 heteroatoms. The minimum absolute atomic E-state index is 0.0858. The first-order valence-electron chi connectivity index (χ1n) is 5.34. The Morgan fingerprint density at radius 2 is 1.94 bits per heavy atom. The maximum absolute atomic E-state index is 6.04. The van der Waals surface area contributed by atoms with E-state index >= 15 is 0 Å². The normalized spacial score (nSPS) is 19.8. The molecule has 2 N–H and O–H groups in total. The van der Waals surface area contributed by atoms with Crippen LogP contribution in [0.1, 0.15) is 17.2 Å². The van der Waals surface area contributed by atoms with Gasteiger partial charge in [0.2, 0.25) is 0 Å². The number of methoxy groups -OCH3 is 2. The molecule has 0 spiro atoms. The summed E-state index contributed by atoms with van der Waals surface area (Å²) in [5.74, 6) is 1.47. The molecule has 1 heterocycles. The minimum atomic E-state index is -0.0858. The van der Waals surface area contributed by atoms with Crippen LogP contribution in [0.5, 0.6) is 11.5 Å². The van der Waals surface area contributed by atoms with E-state index in [0.717, 1.165) is 23.5 Å². The average molecular weight is 223 g/mol. The van der Waals surface area contributed by atoms with Gasteiger partial charge in [-0.05, 0) is 29.7 Å². The van der Waals surface area contributed by atoms with Crippen LogP contribution in [0.2, 0.25) is 0 Å². The van der Waals surface area contributed by atoms with E-state index in [1.54, 1.807) is 14.2 Å². The van der Waals surface area contributed by atoms with Crippen LogP contribution >= 0.6 is 0 Å². The fourth-order valence-electron chi connectivity index (χ4n) is 1.98. The van der Waals surface area contributed by atoms with Crippen LogP contribution in [-0.4, -0.2) is 27.4 Å². The third kappa shape index (κ3) is 1.99. The van der Waals surface area contributed by atoms with Gasteiger partial charge < -0.3 is 19.9 Å². The number of nitrogens with two attached hydrogens (primary N) is 1. The van der Waals surface area contributed by atoms with Gasteiger partial charge in [0.1, 0.15) is 0 Å². The van der Waals surface area contributed by atoms with Crippen LogP contribution in [0.15, 0.2) is 12.1 Å². The van der Waals surface area contributed by atoms with E-state index in [1.807, 2.05) is 12.1 Å². The average Bonchev–Trinajstić information content (AvgIpc) is 2.49. The zero-order valence-electron chi connectivity index (χ0n) is 9.66. The Bertz CT molecular complexity index is 379. The maximum Gasteiger partial charge on any atom is 0.161 e. The molecule has 1 atom stereocenters. The minimum Gasteiger partial charge on any atom is -0.493 e. The molecule has 1 aliphatic heterocycles. The summed E-state index contributed by atoms with van der Waals surface area (Å²) in [6.07, 6.45) is 0.864. The van der Waals surface area contributed by atoms with E-state index in [2.05, 4.69) is 0 Å². The van der Waals surface area contributed by atoms with Crippen molar-refractivity contribution in [3.05, 3.63) is 23.3 Å². The quantitative estimate of drug-likeness (QED) is 0.820. The van der Waals surface area contributed by atoms with E-state index in [9.17, 15) is 0 Å². The van der Waals surface area contributed by atoms with Gasteiger partial charge in [0.25, 0.3) is 0 Å². The van der Waals surface area contributed by atoms with E-state index in [4.69, 9.17) is 19.9 Å². The highest BCUT2D eigenvalue weighted by Gasteiger charge is 2.18. The number of rotatable bonds is 2. The van der Waals surface area contributed by atoms with Crippen LogP contribution in [-0.2, 0) is 11.2 Å². The fourth-order valence-corrected chi connectivity index (χ4v) is 1.98. The van der Waals surface area contributed by atoms with Gasteiger partial charge in [0.15, 0.2) is 11.5 Å². The van der Waals surface area contributed by atoms with Crippen molar-refractivity contribution in [3.8, 4) is 11.5 Å². The smallest absolute Gasteiger partial charge is 0.161 e. The Labute approximate surface area is 95.3 Å². The van der Waals surface area contributed by atoms with Crippen LogP contribution in [0.4, 0.5) is 0 Å². The lowest BCUT2D eigenvalue weighted by Crippen LogP contribution is -2.16. The second-order valence-corrected chi connectivity index (χ2v) is 3.84. The highest BCUT2D eigenvalue weighted by atomic mass is 16.5. The Hall–Kier alpha value is -1.26. The summed E-state index contributed by atoms with van der Waals surface area (Å²) >= 11 is 0. The van der Waals surface area contributed by atoms with Crippen molar-refractivity contribution in [1.82, 2.24) is 0 Å². The Morgan fingerprint density at radius 1 is 1.25 bits per heavy atom. The molecule has 0 bridgehead atoms. The lowest BCUT2D eigenvalue weighted by molar-refractivity contribution is 0.131. The number of fused-ring (bicyclic) bond motifs is 1. The zero-order valence-corrected chi connectivity index (χ0v) is 9.66. The van der Waals surface area contributed by atoms with Crippen LogP contribution < -0.4 is 15.2 Å². The van der Waals surface area contributed by atoms with Crippen molar-refractivity contribution >= 4 is 0 Å².